The fourth-order valence-corrected chi connectivity index (χ4v) is 0.855. The fourth-order valence-electron chi connectivity index (χ4n) is 0.855. The number of carbonyl (C=O) groups is 2. The molecule has 0 radical (unpaired) electrons. The second-order valence-electron chi connectivity index (χ2n) is 2.20. The summed E-state index contributed by atoms with van der Waals surface area (Å²) >= 11 is 0. The molecule has 2 N–H and O–H groups in total. The number of allylic oxidation sites excluding steroid dienone is 1. The van der Waals surface area contributed by atoms with Crippen molar-refractivity contribution in [2.24, 2.45) is 0 Å². The van der Waals surface area contributed by atoms with E-state index in [1.165, 1.54) is 0 Å². The predicted octanol–water partition coefficient (Wildman–Crippen LogP) is 0.856. The SMILES string of the molecule is CCOC(CC)=C(C(=O)O)C(=O)O. The van der Waals surface area contributed by atoms with Crippen molar-refractivity contribution in [1.29, 1.82) is 0 Å². The lowest BCUT2D eigenvalue weighted by Gasteiger charge is -2.07. The van der Waals surface area contributed by atoms with E-state index in [1.807, 2.05) is 0 Å². The Morgan fingerprint density at radius 2 is 1.62 bits per heavy atom. The van der Waals surface area contributed by atoms with Crippen LogP contribution >= 0.6 is 0 Å². The smallest absolute Gasteiger partial charge is 0.346 e. The third kappa shape index (κ3) is 3.14. The summed E-state index contributed by atoms with van der Waals surface area (Å²) in [6, 6.07) is 0. The zero-order chi connectivity index (χ0) is 10.4. The highest BCUT2D eigenvalue weighted by molar-refractivity contribution is 6.12. The predicted molar refractivity (Wildman–Crippen MR) is 44.2 cm³/mol. The summed E-state index contributed by atoms with van der Waals surface area (Å²) in [5.41, 5.74) is -0.690. The molecular formula is C8H12O5. The second-order valence-corrected chi connectivity index (χ2v) is 2.20. The third-order valence-electron chi connectivity index (χ3n) is 1.35. The van der Waals surface area contributed by atoms with Gasteiger partial charge in [0.1, 0.15) is 5.76 Å². The quantitative estimate of drug-likeness (QED) is 0.289. The van der Waals surface area contributed by atoms with Crippen LogP contribution in [0.2, 0.25) is 0 Å². The van der Waals surface area contributed by atoms with Crippen LogP contribution in [-0.2, 0) is 14.3 Å². The minimum absolute atomic E-state index is 0.00231. The number of carboxylic acids is 2. The molecule has 0 spiro atoms. The average molecular weight is 188 g/mol. The zero-order valence-electron chi connectivity index (χ0n) is 7.53. The van der Waals surface area contributed by atoms with Crippen LogP contribution in [0.1, 0.15) is 20.3 Å². The summed E-state index contributed by atoms with van der Waals surface area (Å²) in [4.78, 5) is 21.0. The Morgan fingerprint density at radius 1 is 1.15 bits per heavy atom. The standard InChI is InChI=1S/C8H12O5/c1-3-5(13-4-2)6(7(9)10)8(11)12/h3-4H2,1-2H3,(H,9,10)(H,11,12). The number of aliphatic carboxylic acids is 2. The maximum atomic E-state index is 10.5. The van der Waals surface area contributed by atoms with Gasteiger partial charge in [-0.05, 0) is 6.92 Å². The minimum atomic E-state index is -1.47. The highest BCUT2D eigenvalue weighted by atomic mass is 16.5. The summed E-state index contributed by atoms with van der Waals surface area (Å²) in [6.07, 6.45) is 0.252. The summed E-state index contributed by atoms with van der Waals surface area (Å²) in [7, 11) is 0. The molecule has 0 saturated heterocycles. The number of hydrogen-bond donors (Lipinski definition) is 2. The van der Waals surface area contributed by atoms with Crippen LogP contribution in [0, 0.1) is 0 Å². The van der Waals surface area contributed by atoms with E-state index in [0.717, 1.165) is 0 Å². The molecule has 0 aromatic rings. The van der Waals surface area contributed by atoms with Gasteiger partial charge in [-0.25, -0.2) is 9.59 Å². The Kier molecular flexibility index (Phi) is 4.58. The Morgan fingerprint density at radius 3 is 1.85 bits per heavy atom. The maximum absolute atomic E-state index is 10.5. The van der Waals surface area contributed by atoms with Gasteiger partial charge in [0, 0.05) is 6.42 Å². The summed E-state index contributed by atoms with van der Waals surface area (Å²) in [6.45, 7) is 3.56. The molecule has 0 amide bonds. The number of rotatable bonds is 5. The van der Waals surface area contributed by atoms with Gasteiger partial charge in [-0.1, -0.05) is 6.92 Å². The van der Waals surface area contributed by atoms with Gasteiger partial charge in [-0.15, -0.1) is 0 Å². The monoisotopic (exact) mass is 188 g/mol. The van der Waals surface area contributed by atoms with Crippen molar-refractivity contribution >= 4 is 11.9 Å². The van der Waals surface area contributed by atoms with Crippen LogP contribution in [0.15, 0.2) is 11.3 Å². The molecule has 0 unspecified atom stereocenters. The summed E-state index contributed by atoms with van der Waals surface area (Å²) in [5.74, 6) is -2.95. The molecule has 0 saturated carbocycles. The summed E-state index contributed by atoms with van der Waals surface area (Å²) in [5, 5.41) is 17.1. The van der Waals surface area contributed by atoms with Crippen molar-refractivity contribution in [3.8, 4) is 0 Å². The van der Waals surface area contributed by atoms with Gasteiger partial charge in [0.25, 0.3) is 0 Å². The minimum Gasteiger partial charge on any atom is -0.497 e. The van der Waals surface area contributed by atoms with Gasteiger partial charge < -0.3 is 14.9 Å². The number of ether oxygens (including phenoxy) is 1. The van der Waals surface area contributed by atoms with Gasteiger partial charge in [-0.2, -0.15) is 0 Å². The highest BCUT2D eigenvalue weighted by Crippen LogP contribution is 2.11. The lowest BCUT2D eigenvalue weighted by atomic mass is 10.2. The van der Waals surface area contributed by atoms with Crippen molar-refractivity contribution in [2.75, 3.05) is 6.61 Å². The molecule has 0 bridgehead atoms. The molecule has 13 heavy (non-hydrogen) atoms. The molecule has 0 aromatic heterocycles. The molecule has 0 rings (SSSR count). The lowest BCUT2D eigenvalue weighted by molar-refractivity contribution is -0.140. The molecular weight excluding hydrogens is 176 g/mol. The fraction of sp³-hybridized carbons (Fsp3) is 0.500. The summed E-state index contributed by atoms with van der Waals surface area (Å²) < 4.78 is 4.89. The van der Waals surface area contributed by atoms with Crippen LogP contribution in [0.5, 0.6) is 0 Å². The molecule has 0 atom stereocenters. The number of hydrogen-bond acceptors (Lipinski definition) is 3. The normalized spacial score (nSPS) is 9.08. The first-order valence-corrected chi connectivity index (χ1v) is 3.87. The Labute approximate surface area is 75.6 Å². The molecule has 0 aliphatic carbocycles. The molecule has 74 valence electrons. The van der Waals surface area contributed by atoms with Crippen LogP contribution < -0.4 is 0 Å². The van der Waals surface area contributed by atoms with Gasteiger partial charge in [0.05, 0.1) is 6.61 Å². The van der Waals surface area contributed by atoms with Crippen LogP contribution in [-0.4, -0.2) is 28.8 Å². The van der Waals surface area contributed by atoms with E-state index >= 15 is 0 Å². The van der Waals surface area contributed by atoms with Crippen molar-refractivity contribution in [3.63, 3.8) is 0 Å². The van der Waals surface area contributed by atoms with Gasteiger partial charge in [0.2, 0.25) is 0 Å². The zero-order valence-corrected chi connectivity index (χ0v) is 7.53. The van der Waals surface area contributed by atoms with E-state index in [2.05, 4.69) is 0 Å². The third-order valence-corrected chi connectivity index (χ3v) is 1.35. The van der Waals surface area contributed by atoms with Crippen molar-refractivity contribution in [3.05, 3.63) is 11.3 Å². The largest absolute Gasteiger partial charge is 0.497 e. The Balaban J connectivity index is 5.00. The van der Waals surface area contributed by atoms with E-state index in [9.17, 15) is 9.59 Å². The van der Waals surface area contributed by atoms with Crippen molar-refractivity contribution in [2.45, 2.75) is 20.3 Å². The van der Waals surface area contributed by atoms with E-state index in [0.29, 0.717) is 0 Å². The van der Waals surface area contributed by atoms with E-state index < -0.39 is 17.5 Å². The number of carboxylic acid groups (broad SMARTS) is 2. The molecule has 0 fully saturated rings. The van der Waals surface area contributed by atoms with Crippen molar-refractivity contribution in [1.82, 2.24) is 0 Å². The van der Waals surface area contributed by atoms with Crippen LogP contribution in [0.25, 0.3) is 0 Å². The Bertz CT molecular complexity index is 225. The lowest BCUT2D eigenvalue weighted by Crippen LogP contribution is -2.15. The molecule has 5 nitrogen and oxygen atoms in total. The van der Waals surface area contributed by atoms with Gasteiger partial charge >= 0.3 is 11.9 Å². The maximum Gasteiger partial charge on any atom is 0.346 e. The van der Waals surface area contributed by atoms with Crippen LogP contribution in [0.4, 0.5) is 0 Å². The molecule has 0 aliphatic heterocycles. The van der Waals surface area contributed by atoms with Gasteiger partial charge in [-0.3, -0.25) is 0 Å². The topological polar surface area (TPSA) is 83.8 Å². The molecule has 0 aliphatic rings. The van der Waals surface area contributed by atoms with Gasteiger partial charge in [0.15, 0.2) is 5.57 Å². The van der Waals surface area contributed by atoms with E-state index in [1.54, 1.807) is 13.8 Å². The molecule has 5 heteroatoms. The van der Waals surface area contributed by atoms with E-state index in [-0.39, 0.29) is 18.8 Å². The highest BCUT2D eigenvalue weighted by Gasteiger charge is 2.22. The first kappa shape index (κ1) is 11.5. The van der Waals surface area contributed by atoms with Crippen LogP contribution in [0.3, 0.4) is 0 Å². The van der Waals surface area contributed by atoms with Crippen molar-refractivity contribution < 1.29 is 24.5 Å². The Hall–Kier alpha value is -1.52. The molecule has 0 heterocycles. The average Bonchev–Trinajstić information content (AvgIpc) is 2.02. The first-order valence-electron chi connectivity index (χ1n) is 3.87. The second kappa shape index (κ2) is 5.18. The van der Waals surface area contributed by atoms with E-state index in [4.69, 9.17) is 14.9 Å². The first-order chi connectivity index (χ1) is 6.04. The molecule has 0 aromatic carbocycles.